The molecular weight excluding hydrogens is 364 g/mol. The van der Waals surface area contributed by atoms with Gasteiger partial charge in [-0.25, -0.2) is 0 Å². The fourth-order valence-corrected chi connectivity index (χ4v) is 13.9. The summed E-state index contributed by atoms with van der Waals surface area (Å²) in [5.41, 5.74) is 0.126. The monoisotopic (exact) mass is 416 g/mol. The molecule has 0 aliphatic heterocycles. The highest BCUT2D eigenvalue weighted by atomic mass is 28.4. The molecule has 0 amide bonds. The van der Waals surface area contributed by atoms with Gasteiger partial charge >= 0.3 is 0 Å². The Morgan fingerprint density at radius 2 is 0.704 bits per heavy atom. The second-order valence-electron chi connectivity index (χ2n) is 9.61. The summed E-state index contributed by atoms with van der Waals surface area (Å²) in [6.45, 7) is 20.4. The average Bonchev–Trinajstić information content (AvgIpc) is 2.60. The van der Waals surface area contributed by atoms with Crippen LogP contribution in [0.3, 0.4) is 0 Å². The van der Waals surface area contributed by atoms with Gasteiger partial charge in [-0.05, 0) is 36.3 Å². The molecule has 0 N–H and O–H groups in total. The van der Waals surface area contributed by atoms with E-state index in [4.69, 9.17) is 8.85 Å². The van der Waals surface area contributed by atoms with Crippen LogP contribution in [0.5, 0.6) is 0 Å². The first-order valence-electron chi connectivity index (χ1n) is 12.1. The third-order valence-electron chi connectivity index (χ3n) is 5.77. The van der Waals surface area contributed by atoms with Crippen molar-refractivity contribution in [2.75, 3.05) is 13.2 Å². The summed E-state index contributed by atoms with van der Waals surface area (Å²) in [7, 11) is -3.14. The molecule has 0 fully saturated rings. The Hall–Kier alpha value is 0.354. The van der Waals surface area contributed by atoms with E-state index in [2.05, 4.69) is 55.4 Å². The predicted molar refractivity (Wildman–Crippen MR) is 128 cm³/mol. The lowest BCUT2D eigenvalue weighted by molar-refractivity contribution is 0.0970. The topological polar surface area (TPSA) is 18.5 Å². The van der Waals surface area contributed by atoms with Crippen LogP contribution in [0.15, 0.2) is 0 Å². The van der Waals surface area contributed by atoms with Gasteiger partial charge in [0.05, 0.1) is 0 Å². The van der Waals surface area contributed by atoms with E-state index in [0.29, 0.717) is 0 Å². The van der Waals surface area contributed by atoms with Crippen molar-refractivity contribution in [1.82, 2.24) is 0 Å². The second-order valence-corrected chi connectivity index (χ2v) is 17.9. The van der Waals surface area contributed by atoms with E-state index in [1.807, 2.05) is 0 Å². The quantitative estimate of drug-likeness (QED) is 0.209. The summed E-state index contributed by atoms with van der Waals surface area (Å²) in [4.78, 5) is 0. The molecule has 0 unspecified atom stereocenters. The minimum absolute atomic E-state index is 0.126. The average molecular weight is 417 g/mol. The lowest BCUT2D eigenvalue weighted by Gasteiger charge is -2.38. The van der Waals surface area contributed by atoms with Crippen molar-refractivity contribution in [2.24, 2.45) is 5.41 Å². The Morgan fingerprint density at radius 1 is 0.481 bits per heavy atom. The number of rotatable bonds is 18. The van der Waals surface area contributed by atoms with Crippen LogP contribution in [0.1, 0.15) is 93.9 Å². The van der Waals surface area contributed by atoms with E-state index in [0.717, 1.165) is 13.2 Å². The fourth-order valence-electron chi connectivity index (χ4n) is 4.66. The Morgan fingerprint density at radius 3 is 0.889 bits per heavy atom. The van der Waals surface area contributed by atoms with Gasteiger partial charge in [-0.3, -0.25) is 0 Å². The Balaban J connectivity index is 5.00. The Labute approximate surface area is 174 Å². The fraction of sp³-hybridized carbons (Fsp3) is 1.00. The van der Waals surface area contributed by atoms with Crippen LogP contribution in [0.2, 0.25) is 36.3 Å². The largest absolute Gasteiger partial charge is 0.416 e. The summed E-state index contributed by atoms with van der Waals surface area (Å²) < 4.78 is 13.7. The van der Waals surface area contributed by atoms with Gasteiger partial charge < -0.3 is 8.85 Å². The number of hydrogen-bond acceptors (Lipinski definition) is 2. The first-order chi connectivity index (χ1) is 12.8. The summed E-state index contributed by atoms with van der Waals surface area (Å²) >= 11 is 0. The van der Waals surface area contributed by atoms with Crippen molar-refractivity contribution < 1.29 is 8.85 Å². The maximum absolute atomic E-state index is 6.84. The van der Waals surface area contributed by atoms with Gasteiger partial charge in [0.2, 0.25) is 0 Å². The minimum Gasteiger partial charge on any atom is -0.416 e. The molecule has 164 valence electrons. The van der Waals surface area contributed by atoms with E-state index < -0.39 is 16.6 Å². The smallest absolute Gasteiger partial charge is 0.192 e. The van der Waals surface area contributed by atoms with Crippen molar-refractivity contribution in [3.05, 3.63) is 0 Å². The zero-order valence-electron chi connectivity index (χ0n) is 20.2. The summed E-state index contributed by atoms with van der Waals surface area (Å²) in [6.07, 6.45) is 7.60. The molecule has 0 aromatic rings. The molecule has 0 saturated heterocycles. The predicted octanol–water partition coefficient (Wildman–Crippen LogP) is 8.40. The summed E-state index contributed by atoms with van der Waals surface area (Å²) in [5, 5.41) is 0. The SMILES string of the molecule is CCC[Si](CCC)(CCC)OCC(C)(C)CO[Si](CCC)(CCC)CCC. The Bertz CT molecular complexity index is 292. The van der Waals surface area contributed by atoms with Crippen LogP contribution in [0.4, 0.5) is 0 Å². The third-order valence-corrected chi connectivity index (χ3v) is 15.8. The van der Waals surface area contributed by atoms with Crippen LogP contribution in [-0.4, -0.2) is 29.8 Å². The molecule has 0 saturated carbocycles. The first kappa shape index (κ1) is 27.4. The molecule has 0 atom stereocenters. The van der Waals surface area contributed by atoms with E-state index in [-0.39, 0.29) is 5.41 Å². The van der Waals surface area contributed by atoms with Gasteiger partial charge in [-0.2, -0.15) is 0 Å². The van der Waals surface area contributed by atoms with Crippen LogP contribution >= 0.6 is 0 Å². The van der Waals surface area contributed by atoms with Crippen LogP contribution in [0, 0.1) is 5.41 Å². The highest BCUT2D eigenvalue weighted by molar-refractivity contribution is 6.74. The molecule has 0 radical (unpaired) electrons. The van der Waals surface area contributed by atoms with Crippen molar-refractivity contribution in [3.8, 4) is 0 Å². The van der Waals surface area contributed by atoms with Gasteiger partial charge in [0, 0.05) is 18.6 Å². The lowest BCUT2D eigenvalue weighted by Crippen LogP contribution is -2.44. The van der Waals surface area contributed by atoms with Crippen molar-refractivity contribution in [3.63, 3.8) is 0 Å². The Kier molecular flexibility index (Phi) is 14.5. The van der Waals surface area contributed by atoms with E-state index in [1.165, 1.54) is 74.8 Å². The van der Waals surface area contributed by atoms with E-state index in [1.54, 1.807) is 0 Å². The van der Waals surface area contributed by atoms with Gasteiger partial charge in [0.15, 0.2) is 16.6 Å². The molecule has 0 bridgehead atoms. The molecule has 0 rings (SSSR count). The van der Waals surface area contributed by atoms with Crippen LogP contribution in [0.25, 0.3) is 0 Å². The third kappa shape index (κ3) is 10.6. The van der Waals surface area contributed by atoms with Crippen molar-refractivity contribution in [1.29, 1.82) is 0 Å². The highest BCUT2D eigenvalue weighted by Crippen LogP contribution is 2.33. The highest BCUT2D eigenvalue weighted by Gasteiger charge is 2.37. The summed E-state index contributed by atoms with van der Waals surface area (Å²) in [6, 6.07) is 7.95. The normalized spacial score (nSPS) is 13.3. The maximum Gasteiger partial charge on any atom is 0.192 e. The standard InChI is InChI=1S/C23H52O2Si2/c1-9-15-26(16-10-2,17-11-3)24-21-23(7,8)22-25-27(18-12-4,19-13-5)20-14-6/h9-22H2,1-8H3. The van der Waals surface area contributed by atoms with Gasteiger partial charge in [-0.15, -0.1) is 0 Å². The number of hydrogen-bond donors (Lipinski definition) is 0. The molecule has 0 aliphatic rings. The second kappa shape index (κ2) is 14.4. The first-order valence-corrected chi connectivity index (χ1v) is 17.1. The van der Waals surface area contributed by atoms with Crippen LogP contribution in [-0.2, 0) is 8.85 Å². The molecule has 0 spiro atoms. The lowest BCUT2D eigenvalue weighted by atomic mass is 9.97. The van der Waals surface area contributed by atoms with Crippen LogP contribution < -0.4 is 0 Å². The molecule has 27 heavy (non-hydrogen) atoms. The molecular formula is C23H52O2Si2. The van der Waals surface area contributed by atoms with E-state index >= 15 is 0 Å². The molecule has 4 heteroatoms. The van der Waals surface area contributed by atoms with E-state index in [9.17, 15) is 0 Å². The molecule has 2 nitrogen and oxygen atoms in total. The van der Waals surface area contributed by atoms with Gasteiger partial charge in [0.25, 0.3) is 0 Å². The zero-order chi connectivity index (χ0) is 20.8. The molecule has 0 aliphatic carbocycles. The van der Waals surface area contributed by atoms with Crippen molar-refractivity contribution in [2.45, 2.75) is 130 Å². The molecule has 0 aromatic heterocycles. The minimum atomic E-state index is -1.57. The summed E-state index contributed by atoms with van der Waals surface area (Å²) in [5.74, 6) is 0. The molecule has 0 aromatic carbocycles. The maximum atomic E-state index is 6.84. The van der Waals surface area contributed by atoms with Crippen molar-refractivity contribution >= 4 is 16.6 Å². The van der Waals surface area contributed by atoms with Gasteiger partial charge in [-0.1, -0.05) is 93.9 Å². The van der Waals surface area contributed by atoms with Gasteiger partial charge in [0.1, 0.15) is 0 Å². The molecule has 0 heterocycles. The zero-order valence-corrected chi connectivity index (χ0v) is 22.2.